The van der Waals surface area contributed by atoms with Gasteiger partial charge in [-0.2, -0.15) is 0 Å². The van der Waals surface area contributed by atoms with Crippen molar-refractivity contribution in [1.82, 2.24) is 0 Å². The second kappa shape index (κ2) is 3.81. The molecule has 0 radical (unpaired) electrons. The quantitative estimate of drug-likeness (QED) is 0.728. The molecule has 4 heteroatoms. The second-order valence-corrected chi connectivity index (χ2v) is 7.34. The lowest BCUT2D eigenvalue weighted by Gasteiger charge is -2.39. The summed E-state index contributed by atoms with van der Waals surface area (Å²) in [6.45, 7) is 7.57. The van der Waals surface area contributed by atoms with E-state index in [0.717, 1.165) is 12.8 Å². The van der Waals surface area contributed by atoms with E-state index in [2.05, 4.69) is 0 Å². The first kappa shape index (κ1) is 12.0. The van der Waals surface area contributed by atoms with Crippen molar-refractivity contribution in [3.05, 3.63) is 0 Å². The van der Waals surface area contributed by atoms with Gasteiger partial charge < -0.3 is 4.74 Å². The van der Waals surface area contributed by atoms with Crippen LogP contribution < -0.4 is 0 Å². The van der Waals surface area contributed by atoms with Crippen molar-refractivity contribution in [2.45, 2.75) is 57.5 Å². The van der Waals surface area contributed by atoms with Gasteiger partial charge in [0.25, 0.3) is 0 Å². The number of sulfone groups is 1. The van der Waals surface area contributed by atoms with E-state index in [9.17, 15) is 8.42 Å². The molecule has 84 valence electrons. The van der Waals surface area contributed by atoms with Gasteiger partial charge in [0.15, 0.2) is 9.84 Å². The van der Waals surface area contributed by atoms with Crippen LogP contribution in [0.3, 0.4) is 0 Å². The van der Waals surface area contributed by atoms with Crippen LogP contribution in [0.1, 0.15) is 40.5 Å². The molecule has 0 unspecified atom stereocenters. The SMILES string of the molecule is CCS(=O)(=O)[C@@H]1CC[C@@H]1OC(C)(C)C. The lowest BCUT2D eigenvalue weighted by molar-refractivity contribution is -0.0888. The van der Waals surface area contributed by atoms with Crippen LogP contribution >= 0.6 is 0 Å². The van der Waals surface area contributed by atoms with E-state index in [1.165, 1.54) is 0 Å². The molecule has 0 spiro atoms. The van der Waals surface area contributed by atoms with Crippen LogP contribution in [0.2, 0.25) is 0 Å². The Hall–Kier alpha value is -0.0900. The molecule has 0 N–H and O–H groups in total. The smallest absolute Gasteiger partial charge is 0.155 e. The first-order valence-electron chi connectivity index (χ1n) is 5.15. The minimum absolute atomic E-state index is 0.0834. The Morgan fingerprint density at radius 1 is 1.29 bits per heavy atom. The minimum atomic E-state index is -2.91. The van der Waals surface area contributed by atoms with E-state index in [-0.39, 0.29) is 22.7 Å². The molecule has 0 bridgehead atoms. The molecule has 3 nitrogen and oxygen atoms in total. The first-order chi connectivity index (χ1) is 6.26. The third-order valence-corrected chi connectivity index (χ3v) is 4.79. The summed E-state index contributed by atoms with van der Waals surface area (Å²) in [6.07, 6.45) is 1.55. The standard InChI is InChI=1S/C10H20O3S/c1-5-14(11,12)9-7-6-8(9)13-10(2,3)4/h8-9H,5-7H2,1-4H3/t8-,9+/m0/s1. The third kappa shape index (κ3) is 2.70. The highest BCUT2D eigenvalue weighted by molar-refractivity contribution is 7.92. The van der Waals surface area contributed by atoms with E-state index in [1.807, 2.05) is 20.8 Å². The Bertz CT molecular complexity index is 287. The van der Waals surface area contributed by atoms with Crippen molar-refractivity contribution >= 4 is 9.84 Å². The fourth-order valence-corrected chi connectivity index (χ4v) is 3.23. The van der Waals surface area contributed by atoms with Crippen molar-refractivity contribution in [3.63, 3.8) is 0 Å². The van der Waals surface area contributed by atoms with Crippen molar-refractivity contribution in [3.8, 4) is 0 Å². The maximum atomic E-state index is 11.6. The van der Waals surface area contributed by atoms with Gasteiger partial charge in [0, 0.05) is 5.75 Å². The zero-order chi connectivity index (χ0) is 11.0. The van der Waals surface area contributed by atoms with Crippen LogP contribution in [0, 0.1) is 0 Å². The van der Waals surface area contributed by atoms with Gasteiger partial charge in [0.2, 0.25) is 0 Å². The summed E-state index contributed by atoms with van der Waals surface area (Å²) in [5.74, 6) is 0.224. The van der Waals surface area contributed by atoms with Crippen LogP contribution in [0.5, 0.6) is 0 Å². The topological polar surface area (TPSA) is 43.4 Å². The minimum Gasteiger partial charge on any atom is -0.371 e. The molecule has 0 aromatic rings. The Morgan fingerprint density at radius 3 is 2.14 bits per heavy atom. The summed E-state index contributed by atoms with van der Waals surface area (Å²) in [6, 6.07) is 0. The van der Waals surface area contributed by atoms with E-state index in [0.29, 0.717) is 0 Å². The molecule has 0 aromatic carbocycles. The van der Waals surface area contributed by atoms with Crippen LogP contribution in [0.25, 0.3) is 0 Å². The zero-order valence-electron chi connectivity index (χ0n) is 9.41. The first-order valence-corrected chi connectivity index (χ1v) is 6.87. The predicted molar refractivity (Wildman–Crippen MR) is 57.1 cm³/mol. The normalized spacial score (nSPS) is 28.6. The highest BCUT2D eigenvalue weighted by Crippen LogP contribution is 2.33. The van der Waals surface area contributed by atoms with Crippen LogP contribution in [-0.2, 0) is 14.6 Å². The number of ether oxygens (including phenoxy) is 1. The summed E-state index contributed by atoms with van der Waals surface area (Å²) in [4.78, 5) is 0. The lowest BCUT2D eigenvalue weighted by Crippen LogP contribution is -2.48. The molecular weight excluding hydrogens is 200 g/mol. The summed E-state index contributed by atoms with van der Waals surface area (Å²) in [5, 5.41) is -0.258. The van der Waals surface area contributed by atoms with Crippen molar-refractivity contribution < 1.29 is 13.2 Å². The monoisotopic (exact) mass is 220 g/mol. The molecule has 1 rings (SSSR count). The van der Waals surface area contributed by atoms with E-state index in [4.69, 9.17) is 4.74 Å². The fourth-order valence-electron chi connectivity index (χ4n) is 1.65. The van der Waals surface area contributed by atoms with E-state index >= 15 is 0 Å². The maximum Gasteiger partial charge on any atom is 0.155 e. The molecule has 0 amide bonds. The number of hydrogen-bond donors (Lipinski definition) is 0. The maximum absolute atomic E-state index is 11.6. The Kier molecular flexibility index (Phi) is 3.26. The van der Waals surface area contributed by atoms with Gasteiger partial charge in [-0.05, 0) is 33.6 Å². The molecule has 0 saturated heterocycles. The number of rotatable bonds is 3. The summed E-state index contributed by atoms with van der Waals surface area (Å²) >= 11 is 0. The van der Waals surface area contributed by atoms with Crippen LogP contribution in [0.15, 0.2) is 0 Å². The Balaban J connectivity index is 2.60. The van der Waals surface area contributed by atoms with Gasteiger partial charge in [0.05, 0.1) is 17.0 Å². The molecular formula is C10H20O3S. The lowest BCUT2D eigenvalue weighted by atomic mass is 9.94. The molecule has 0 aliphatic heterocycles. The van der Waals surface area contributed by atoms with Gasteiger partial charge in [-0.3, -0.25) is 0 Å². The molecule has 2 atom stereocenters. The van der Waals surface area contributed by atoms with Crippen molar-refractivity contribution in [2.75, 3.05) is 5.75 Å². The molecule has 1 fully saturated rings. The predicted octanol–water partition coefficient (Wildman–Crippen LogP) is 1.77. The average Bonchev–Trinajstić information content (AvgIpc) is 1.96. The molecule has 0 heterocycles. The van der Waals surface area contributed by atoms with E-state index < -0.39 is 9.84 Å². The zero-order valence-corrected chi connectivity index (χ0v) is 10.2. The summed E-state index contributed by atoms with van der Waals surface area (Å²) in [5.41, 5.74) is -0.243. The summed E-state index contributed by atoms with van der Waals surface area (Å²) < 4.78 is 28.9. The van der Waals surface area contributed by atoms with Gasteiger partial charge in [-0.15, -0.1) is 0 Å². The molecule has 1 aliphatic carbocycles. The summed E-state index contributed by atoms with van der Waals surface area (Å²) in [7, 11) is -2.91. The third-order valence-electron chi connectivity index (χ3n) is 2.52. The Morgan fingerprint density at radius 2 is 1.86 bits per heavy atom. The van der Waals surface area contributed by atoms with E-state index in [1.54, 1.807) is 6.92 Å². The molecule has 1 saturated carbocycles. The average molecular weight is 220 g/mol. The fraction of sp³-hybridized carbons (Fsp3) is 1.00. The highest BCUT2D eigenvalue weighted by Gasteiger charge is 2.42. The number of hydrogen-bond acceptors (Lipinski definition) is 3. The van der Waals surface area contributed by atoms with Gasteiger partial charge in [-0.25, -0.2) is 8.42 Å². The molecule has 0 aromatic heterocycles. The second-order valence-electron chi connectivity index (χ2n) is 4.84. The van der Waals surface area contributed by atoms with Gasteiger partial charge >= 0.3 is 0 Å². The highest BCUT2D eigenvalue weighted by atomic mass is 32.2. The van der Waals surface area contributed by atoms with Gasteiger partial charge in [-0.1, -0.05) is 6.92 Å². The Labute approximate surface area is 86.8 Å². The molecule has 14 heavy (non-hydrogen) atoms. The van der Waals surface area contributed by atoms with Gasteiger partial charge in [0.1, 0.15) is 0 Å². The van der Waals surface area contributed by atoms with Crippen LogP contribution in [-0.4, -0.2) is 31.1 Å². The van der Waals surface area contributed by atoms with Crippen LogP contribution in [0.4, 0.5) is 0 Å². The van der Waals surface area contributed by atoms with Crippen molar-refractivity contribution in [1.29, 1.82) is 0 Å². The molecule has 1 aliphatic rings. The largest absolute Gasteiger partial charge is 0.371 e. The van der Waals surface area contributed by atoms with Crippen molar-refractivity contribution in [2.24, 2.45) is 0 Å².